The number of aliphatic hydroxyl groups is 1. The van der Waals surface area contributed by atoms with Crippen LogP contribution < -0.4 is 0 Å². The van der Waals surface area contributed by atoms with Gasteiger partial charge < -0.3 is 9.84 Å². The minimum absolute atomic E-state index is 0.0749. The zero-order valence-electron chi connectivity index (χ0n) is 11.6. The van der Waals surface area contributed by atoms with Gasteiger partial charge in [-0.2, -0.15) is 0 Å². The molecule has 3 fully saturated rings. The van der Waals surface area contributed by atoms with E-state index < -0.39 is 0 Å². The molecule has 3 saturated carbocycles. The third-order valence-electron chi connectivity index (χ3n) is 5.78. The molecule has 0 heterocycles. The van der Waals surface area contributed by atoms with Gasteiger partial charge in [-0.3, -0.25) is 0 Å². The van der Waals surface area contributed by atoms with E-state index in [2.05, 4.69) is 0 Å². The Morgan fingerprint density at radius 1 is 0.944 bits per heavy atom. The Labute approximate surface area is 111 Å². The Morgan fingerprint density at radius 2 is 1.61 bits per heavy atom. The van der Waals surface area contributed by atoms with Gasteiger partial charge in [0.25, 0.3) is 0 Å². The van der Waals surface area contributed by atoms with Crippen LogP contribution in [0.4, 0.5) is 0 Å². The van der Waals surface area contributed by atoms with Crippen LogP contribution in [0.1, 0.15) is 70.6 Å². The van der Waals surface area contributed by atoms with E-state index in [9.17, 15) is 5.11 Å². The first kappa shape index (κ1) is 12.9. The van der Waals surface area contributed by atoms with Gasteiger partial charge in [0.2, 0.25) is 0 Å². The molecule has 18 heavy (non-hydrogen) atoms. The number of rotatable bonds is 3. The van der Waals surface area contributed by atoms with Gasteiger partial charge in [-0.1, -0.05) is 38.5 Å². The molecule has 2 atom stereocenters. The Kier molecular flexibility index (Phi) is 3.95. The van der Waals surface area contributed by atoms with Gasteiger partial charge in [-0.05, 0) is 31.6 Å². The number of hydrogen-bond donors (Lipinski definition) is 1. The van der Waals surface area contributed by atoms with Gasteiger partial charge in [0, 0.05) is 18.4 Å². The number of hydrogen-bond acceptors (Lipinski definition) is 2. The molecule has 2 unspecified atom stereocenters. The molecule has 0 aromatic rings. The van der Waals surface area contributed by atoms with E-state index in [1.165, 1.54) is 64.2 Å². The molecule has 3 aliphatic carbocycles. The van der Waals surface area contributed by atoms with Gasteiger partial charge in [0.05, 0.1) is 12.2 Å². The quantitative estimate of drug-likeness (QED) is 0.830. The molecule has 0 saturated heterocycles. The van der Waals surface area contributed by atoms with Gasteiger partial charge in [-0.15, -0.1) is 0 Å². The second-order valence-corrected chi connectivity index (χ2v) is 6.87. The number of ether oxygens (including phenoxy) is 1. The minimum atomic E-state index is -0.0749. The van der Waals surface area contributed by atoms with Gasteiger partial charge in [-0.25, -0.2) is 0 Å². The number of aliphatic hydroxyl groups excluding tert-OH is 1. The first-order valence-corrected chi connectivity index (χ1v) is 8.11. The highest BCUT2D eigenvalue weighted by atomic mass is 16.5. The van der Waals surface area contributed by atoms with Crippen molar-refractivity contribution in [1.82, 2.24) is 0 Å². The summed E-state index contributed by atoms with van der Waals surface area (Å²) in [7, 11) is 0. The molecule has 0 aliphatic heterocycles. The van der Waals surface area contributed by atoms with Crippen LogP contribution in [-0.4, -0.2) is 23.9 Å². The maximum atomic E-state index is 10.2. The van der Waals surface area contributed by atoms with Gasteiger partial charge in [0.15, 0.2) is 0 Å². The van der Waals surface area contributed by atoms with Crippen molar-refractivity contribution in [2.75, 3.05) is 6.61 Å². The van der Waals surface area contributed by atoms with Gasteiger partial charge in [0.1, 0.15) is 0 Å². The molecule has 0 bridgehead atoms. The first-order valence-electron chi connectivity index (χ1n) is 8.11. The lowest BCUT2D eigenvalue weighted by Gasteiger charge is -2.55. The summed E-state index contributed by atoms with van der Waals surface area (Å²) in [6, 6.07) is 0. The lowest BCUT2D eigenvalue weighted by atomic mass is 9.56. The summed E-state index contributed by atoms with van der Waals surface area (Å²) in [5.41, 5.74) is 0.160. The molecule has 0 amide bonds. The van der Waals surface area contributed by atoms with E-state index >= 15 is 0 Å². The summed E-state index contributed by atoms with van der Waals surface area (Å²) in [6.07, 6.45) is 14.5. The monoisotopic (exact) mass is 252 g/mol. The fraction of sp³-hybridized carbons (Fsp3) is 1.00. The highest BCUT2D eigenvalue weighted by molar-refractivity contribution is 5.05. The van der Waals surface area contributed by atoms with Crippen LogP contribution in [0.3, 0.4) is 0 Å². The summed E-state index contributed by atoms with van der Waals surface area (Å²) in [5.74, 6) is 0.803. The smallest absolute Gasteiger partial charge is 0.0681 e. The maximum absolute atomic E-state index is 10.2. The standard InChI is InChI=1S/C16H28O2/c17-14-11-15(16(14)9-5-2-6-10-16)18-12-13-7-3-1-4-8-13/h13-15,17H,1-12H2. The molecule has 2 heteroatoms. The van der Waals surface area contributed by atoms with Crippen molar-refractivity contribution in [3.8, 4) is 0 Å². The highest BCUT2D eigenvalue weighted by Gasteiger charge is 2.55. The second-order valence-electron chi connectivity index (χ2n) is 6.87. The molecule has 104 valence electrons. The largest absolute Gasteiger partial charge is 0.392 e. The predicted molar refractivity (Wildman–Crippen MR) is 72.5 cm³/mol. The zero-order chi connectivity index (χ0) is 12.4. The maximum Gasteiger partial charge on any atom is 0.0681 e. The van der Waals surface area contributed by atoms with Crippen LogP contribution in [0.15, 0.2) is 0 Å². The summed E-state index contributed by atoms with van der Waals surface area (Å²) < 4.78 is 6.22. The summed E-state index contributed by atoms with van der Waals surface area (Å²) in [6.45, 7) is 0.957. The molecule has 1 spiro atoms. The van der Waals surface area contributed by atoms with Crippen molar-refractivity contribution >= 4 is 0 Å². The van der Waals surface area contributed by atoms with Crippen LogP contribution in [0.2, 0.25) is 0 Å². The Hall–Kier alpha value is -0.0800. The third kappa shape index (κ3) is 2.34. The molecule has 1 N–H and O–H groups in total. The van der Waals surface area contributed by atoms with Crippen molar-refractivity contribution in [3.63, 3.8) is 0 Å². The van der Waals surface area contributed by atoms with Crippen LogP contribution in [0, 0.1) is 11.3 Å². The van der Waals surface area contributed by atoms with E-state index in [1.807, 2.05) is 0 Å². The van der Waals surface area contributed by atoms with Crippen molar-refractivity contribution in [1.29, 1.82) is 0 Å². The van der Waals surface area contributed by atoms with Crippen molar-refractivity contribution in [2.45, 2.75) is 82.8 Å². The van der Waals surface area contributed by atoms with Crippen molar-refractivity contribution < 1.29 is 9.84 Å². The average Bonchev–Trinajstić information content (AvgIpc) is 2.45. The van der Waals surface area contributed by atoms with E-state index in [0.717, 1.165) is 18.9 Å². The van der Waals surface area contributed by atoms with Crippen LogP contribution in [-0.2, 0) is 4.74 Å². The normalized spacial score (nSPS) is 36.5. The fourth-order valence-electron chi connectivity index (χ4n) is 4.43. The Bertz CT molecular complexity index is 264. The van der Waals surface area contributed by atoms with Crippen molar-refractivity contribution in [3.05, 3.63) is 0 Å². The summed E-state index contributed by atoms with van der Waals surface area (Å²) >= 11 is 0. The lowest BCUT2D eigenvalue weighted by molar-refractivity contribution is -0.210. The van der Waals surface area contributed by atoms with E-state index in [1.54, 1.807) is 0 Å². The van der Waals surface area contributed by atoms with Crippen LogP contribution in [0.5, 0.6) is 0 Å². The Morgan fingerprint density at radius 3 is 2.28 bits per heavy atom. The molecular formula is C16H28O2. The topological polar surface area (TPSA) is 29.5 Å². The van der Waals surface area contributed by atoms with Crippen LogP contribution in [0.25, 0.3) is 0 Å². The van der Waals surface area contributed by atoms with Crippen molar-refractivity contribution in [2.24, 2.45) is 11.3 Å². The summed E-state index contributed by atoms with van der Waals surface area (Å²) in [5, 5.41) is 10.2. The fourth-order valence-corrected chi connectivity index (χ4v) is 4.43. The van der Waals surface area contributed by atoms with E-state index in [-0.39, 0.29) is 11.5 Å². The zero-order valence-corrected chi connectivity index (χ0v) is 11.6. The molecule has 0 aromatic carbocycles. The molecule has 2 nitrogen and oxygen atoms in total. The Balaban J connectivity index is 1.50. The summed E-state index contributed by atoms with van der Waals surface area (Å²) in [4.78, 5) is 0. The average molecular weight is 252 g/mol. The van der Waals surface area contributed by atoms with Crippen LogP contribution >= 0.6 is 0 Å². The molecular weight excluding hydrogens is 224 g/mol. The molecule has 0 radical (unpaired) electrons. The minimum Gasteiger partial charge on any atom is -0.392 e. The van der Waals surface area contributed by atoms with Gasteiger partial charge >= 0.3 is 0 Å². The second kappa shape index (κ2) is 5.50. The van der Waals surface area contributed by atoms with E-state index in [0.29, 0.717) is 6.10 Å². The molecule has 3 aliphatic rings. The third-order valence-corrected chi connectivity index (χ3v) is 5.78. The van der Waals surface area contributed by atoms with E-state index in [4.69, 9.17) is 4.74 Å². The highest BCUT2D eigenvalue weighted by Crippen LogP contribution is 2.53. The SMILES string of the molecule is OC1CC(OCC2CCCCC2)C12CCCCC2. The lowest BCUT2D eigenvalue weighted by Crippen LogP contribution is -2.59. The molecule has 0 aromatic heterocycles. The predicted octanol–water partition coefficient (Wildman–Crippen LogP) is 3.67. The first-order chi connectivity index (χ1) is 8.81. The molecule has 3 rings (SSSR count).